The molecule has 2 aliphatic heterocycles. The number of hydrogen-bond acceptors (Lipinski definition) is 4. The first kappa shape index (κ1) is 17.3. The molecule has 0 unspecified atom stereocenters. The number of rotatable bonds is 3. The van der Waals surface area contributed by atoms with Crippen molar-refractivity contribution >= 4 is 29.0 Å². The molecule has 2 aromatic rings. The number of pyridine rings is 1. The molecule has 5 nitrogen and oxygen atoms in total. The molecular weight excluding hydrogens is 348 g/mol. The van der Waals surface area contributed by atoms with E-state index in [1.165, 1.54) is 5.56 Å². The Hall–Kier alpha value is -2.11. The molecular formula is C20H23ClN4O. The van der Waals surface area contributed by atoms with Crippen molar-refractivity contribution in [2.75, 3.05) is 49.1 Å². The summed E-state index contributed by atoms with van der Waals surface area (Å²) in [6.45, 7) is 4.64. The van der Waals surface area contributed by atoms with Gasteiger partial charge in [-0.1, -0.05) is 29.8 Å². The van der Waals surface area contributed by atoms with Gasteiger partial charge >= 0.3 is 0 Å². The molecule has 0 spiro atoms. The molecule has 1 amide bonds. The van der Waals surface area contributed by atoms with E-state index >= 15 is 0 Å². The van der Waals surface area contributed by atoms with Crippen LogP contribution < -0.4 is 9.80 Å². The van der Waals surface area contributed by atoms with Gasteiger partial charge in [0.2, 0.25) is 5.91 Å². The van der Waals surface area contributed by atoms with E-state index < -0.39 is 0 Å². The maximum atomic E-state index is 12.9. The predicted molar refractivity (Wildman–Crippen MR) is 105 cm³/mol. The van der Waals surface area contributed by atoms with Crippen LogP contribution >= 0.6 is 11.6 Å². The Balaban J connectivity index is 1.36. The fraction of sp³-hybridized carbons (Fsp3) is 0.400. The van der Waals surface area contributed by atoms with Crippen molar-refractivity contribution in [2.24, 2.45) is 0 Å². The molecule has 136 valence electrons. The van der Waals surface area contributed by atoms with E-state index in [1.54, 1.807) is 6.20 Å². The van der Waals surface area contributed by atoms with Gasteiger partial charge in [-0.3, -0.25) is 9.69 Å². The summed E-state index contributed by atoms with van der Waals surface area (Å²) in [4.78, 5) is 23.6. The molecule has 0 radical (unpaired) electrons. The number of aromatic nitrogens is 1. The average molecular weight is 371 g/mol. The van der Waals surface area contributed by atoms with Gasteiger partial charge in [-0.05, 0) is 36.6 Å². The first-order valence-electron chi connectivity index (χ1n) is 9.18. The summed E-state index contributed by atoms with van der Waals surface area (Å²) in [6.07, 6.45) is 3.86. The molecule has 1 fully saturated rings. The number of carbonyl (C=O) groups excluding carboxylic acids is 1. The van der Waals surface area contributed by atoms with E-state index in [1.807, 2.05) is 23.1 Å². The van der Waals surface area contributed by atoms with Gasteiger partial charge in [0.05, 0.1) is 11.6 Å². The van der Waals surface area contributed by atoms with Crippen molar-refractivity contribution in [2.45, 2.75) is 12.8 Å². The molecule has 0 bridgehead atoms. The number of piperazine rings is 1. The Kier molecular flexibility index (Phi) is 5.09. The van der Waals surface area contributed by atoms with Crippen LogP contribution in [0.15, 0.2) is 42.6 Å². The highest BCUT2D eigenvalue weighted by atomic mass is 35.5. The number of benzene rings is 1. The number of halogens is 1. The van der Waals surface area contributed by atoms with Crippen LogP contribution in [0.5, 0.6) is 0 Å². The van der Waals surface area contributed by atoms with Crippen LogP contribution in [0.2, 0.25) is 5.02 Å². The molecule has 1 saturated heterocycles. The lowest BCUT2D eigenvalue weighted by atomic mass is 10.0. The standard InChI is InChI=1S/C20H23ClN4O/c21-17-7-3-9-22-20(17)24-13-11-23(12-14-24)15-19(26)25-10-4-6-16-5-1-2-8-18(16)25/h1-3,5,7-9H,4,6,10-15H2. The van der Waals surface area contributed by atoms with Gasteiger partial charge in [-0.25, -0.2) is 4.98 Å². The third kappa shape index (κ3) is 3.55. The van der Waals surface area contributed by atoms with E-state index in [4.69, 9.17) is 11.6 Å². The monoisotopic (exact) mass is 370 g/mol. The number of hydrogen-bond donors (Lipinski definition) is 0. The zero-order chi connectivity index (χ0) is 17.9. The summed E-state index contributed by atoms with van der Waals surface area (Å²) >= 11 is 6.25. The number of amides is 1. The third-order valence-corrected chi connectivity index (χ3v) is 5.48. The van der Waals surface area contributed by atoms with Crippen LogP contribution in [-0.4, -0.2) is 55.1 Å². The lowest BCUT2D eigenvalue weighted by Gasteiger charge is -2.37. The Labute approximate surface area is 159 Å². The fourth-order valence-corrected chi connectivity index (χ4v) is 4.04. The lowest BCUT2D eigenvalue weighted by molar-refractivity contribution is -0.119. The second kappa shape index (κ2) is 7.64. The van der Waals surface area contributed by atoms with Gasteiger partial charge in [0.25, 0.3) is 0 Å². The van der Waals surface area contributed by atoms with E-state index in [0.717, 1.165) is 57.1 Å². The second-order valence-electron chi connectivity index (χ2n) is 6.85. The van der Waals surface area contributed by atoms with E-state index in [9.17, 15) is 4.79 Å². The summed E-state index contributed by atoms with van der Waals surface area (Å²) in [5, 5.41) is 0.682. The molecule has 0 atom stereocenters. The number of nitrogens with zero attached hydrogens (tertiary/aromatic N) is 4. The molecule has 1 aromatic carbocycles. The molecule has 3 heterocycles. The Morgan fingerprint density at radius 1 is 1.04 bits per heavy atom. The topological polar surface area (TPSA) is 39.7 Å². The van der Waals surface area contributed by atoms with E-state index in [2.05, 4.69) is 33.0 Å². The van der Waals surface area contributed by atoms with E-state index in [-0.39, 0.29) is 5.91 Å². The Morgan fingerprint density at radius 3 is 2.65 bits per heavy atom. The first-order valence-corrected chi connectivity index (χ1v) is 9.56. The number of fused-ring (bicyclic) bond motifs is 1. The van der Waals surface area contributed by atoms with Gasteiger partial charge in [0.1, 0.15) is 5.82 Å². The van der Waals surface area contributed by atoms with Gasteiger partial charge < -0.3 is 9.80 Å². The minimum Gasteiger partial charge on any atom is -0.353 e. The average Bonchev–Trinajstić information content (AvgIpc) is 2.68. The molecule has 0 saturated carbocycles. The number of aryl methyl sites for hydroxylation is 1. The number of para-hydroxylation sites is 1. The zero-order valence-corrected chi connectivity index (χ0v) is 15.5. The molecule has 0 N–H and O–H groups in total. The van der Waals surface area contributed by atoms with Gasteiger partial charge in [0.15, 0.2) is 0 Å². The van der Waals surface area contributed by atoms with Crippen LogP contribution in [0, 0.1) is 0 Å². The smallest absolute Gasteiger partial charge is 0.241 e. The minimum atomic E-state index is 0.196. The predicted octanol–water partition coefficient (Wildman–Crippen LogP) is 2.84. The van der Waals surface area contributed by atoms with Crippen LogP contribution in [0.1, 0.15) is 12.0 Å². The Morgan fingerprint density at radius 2 is 1.85 bits per heavy atom. The molecule has 4 rings (SSSR count). The number of carbonyl (C=O) groups is 1. The highest BCUT2D eigenvalue weighted by Crippen LogP contribution is 2.27. The minimum absolute atomic E-state index is 0.196. The molecule has 1 aromatic heterocycles. The van der Waals surface area contributed by atoms with Crippen molar-refractivity contribution in [1.82, 2.24) is 9.88 Å². The van der Waals surface area contributed by atoms with Crippen LogP contribution in [-0.2, 0) is 11.2 Å². The van der Waals surface area contributed by atoms with Crippen LogP contribution in [0.25, 0.3) is 0 Å². The lowest BCUT2D eigenvalue weighted by Crippen LogP contribution is -2.51. The van der Waals surface area contributed by atoms with Crippen LogP contribution in [0.4, 0.5) is 11.5 Å². The maximum Gasteiger partial charge on any atom is 0.241 e. The third-order valence-electron chi connectivity index (χ3n) is 5.18. The largest absolute Gasteiger partial charge is 0.353 e. The van der Waals surface area contributed by atoms with Crippen molar-refractivity contribution in [3.05, 3.63) is 53.2 Å². The first-order chi connectivity index (χ1) is 12.7. The summed E-state index contributed by atoms with van der Waals surface area (Å²) in [5.41, 5.74) is 2.37. The summed E-state index contributed by atoms with van der Waals surface area (Å²) in [6, 6.07) is 12.0. The molecule has 6 heteroatoms. The van der Waals surface area contributed by atoms with E-state index in [0.29, 0.717) is 11.6 Å². The maximum absolute atomic E-state index is 12.9. The number of anilines is 2. The van der Waals surface area contributed by atoms with Gasteiger partial charge in [-0.15, -0.1) is 0 Å². The van der Waals surface area contributed by atoms with Crippen molar-refractivity contribution in [3.63, 3.8) is 0 Å². The van der Waals surface area contributed by atoms with Crippen molar-refractivity contribution in [3.8, 4) is 0 Å². The Bertz CT molecular complexity index is 789. The fourth-order valence-electron chi connectivity index (χ4n) is 3.80. The van der Waals surface area contributed by atoms with Crippen molar-refractivity contribution in [1.29, 1.82) is 0 Å². The summed E-state index contributed by atoms with van der Waals surface area (Å²) in [7, 11) is 0. The highest BCUT2D eigenvalue weighted by Gasteiger charge is 2.26. The van der Waals surface area contributed by atoms with Gasteiger partial charge in [-0.2, -0.15) is 0 Å². The highest BCUT2D eigenvalue weighted by molar-refractivity contribution is 6.32. The van der Waals surface area contributed by atoms with Crippen LogP contribution in [0.3, 0.4) is 0 Å². The molecule has 0 aliphatic carbocycles. The van der Waals surface area contributed by atoms with Gasteiger partial charge in [0, 0.05) is 44.6 Å². The molecule has 2 aliphatic rings. The van der Waals surface area contributed by atoms with Crippen molar-refractivity contribution < 1.29 is 4.79 Å². The second-order valence-corrected chi connectivity index (χ2v) is 7.26. The molecule has 26 heavy (non-hydrogen) atoms. The summed E-state index contributed by atoms with van der Waals surface area (Å²) in [5.74, 6) is 1.03. The zero-order valence-electron chi connectivity index (χ0n) is 14.8. The summed E-state index contributed by atoms with van der Waals surface area (Å²) < 4.78 is 0. The SMILES string of the molecule is O=C(CN1CCN(c2ncccc2Cl)CC1)N1CCCc2ccccc21. The quantitative estimate of drug-likeness (QED) is 0.833. The normalized spacial score (nSPS) is 17.9.